The molecular formula is C11H20FNO. The molecule has 0 spiro atoms. The van der Waals surface area contributed by atoms with Crippen LogP contribution < -0.4 is 5.32 Å². The summed E-state index contributed by atoms with van der Waals surface area (Å²) in [4.78, 5) is 0. The third-order valence-corrected chi connectivity index (χ3v) is 3.70. The van der Waals surface area contributed by atoms with E-state index in [-0.39, 0.29) is 12.0 Å². The van der Waals surface area contributed by atoms with E-state index in [4.69, 9.17) is 4.74 Å². The highest BCUT2D eigenvalue weighted by Crippen LogP contribution is 2.35. The van der Waals surface area contributed by atoms with E-state index in [9.17, 15) is 4.39 Å². The molecule has 3 heteroatoms. The first-order chi connectivity index (χ1) is 6.71. The van der Waals surface area contributed by atoms with E-state index in [0.717, 1.165) is 38.8 Å². The van der Waals surface area contributed by atoms with Gasteiger partial charge in [0.2, 0.25) is 0 Å². The van der Waals surface area contributed by atoms with Gasteiger partial charge >= 0.3 is 0 Å². The fourth-order valence-electron chi connectivity index (χ4n) is 2.64. The molecule has 0 bridgehead atoms. The molecule has 14 heavy (non-hydrogen) atoms. The monoisotopic (exact) mass is 201 g/mol. The molecule has 1 N–H and O–H groups in total. The smallest absolute Gasteiger partial charge is 0.128 e. The van der Waals surface area contributed by atoms with Gasteiger partial charge in [-0.05, 0) is 39.2 Å². The van der Waals surface area contributed by atoms with Crippen molar-refractivity contribution in [2.45, 2.75) is 44.3 Å². The standard InChI is InChI=1S/C11H20FNO/c1-11(12,10-5-2-6-13-10)9-4-3-7-14-8-9/h9-10,13H,2-8H2,1H3. The zero-order valence-electron chi connectivity index (χ0n) is 8.89. The molecule has 3 atom stereocenters. The van der Waals surface area contributed by atoms with Gasteiger partial charge in [0.05, 0.1) is 6.61 Å². The summed E-state index contributed by atoms with van der Waals surface area (Å²) in [7, 11) is 0. The number of alkyl halides is 1. The van der Waals surface area contributed by atoms with E-state index in [0.29, 0.717) is 6.61 Å². The highest BCUT2D eigenvalue weighted by atomic mass is 19.1. The van der Waals surface area contributed by atoms with Crippen LogP contribution in [0.5, 0.6) is 0 Å². The second-order valence-electron chi connectivity index (χ2n) is 4.71. The number of nitrogens with one attached hydrogen (secondary N) is 1. The van der Waals surface area contributed by atoms with Crippen molar-refractivity contribution in [3.05, 3.63) is 0 Å². The van der Waals surface area contributed by atoms with Gasteiger partial charge in [0.15, 0.2) is 0 Å². The van der Waals surface area contributed by atoms with Gasteiger partial charge in [0.1, 0.15) is 5.67 Å². The Morgan fingerprint density at radius 3 is 2.79 bits per heavy atom. The van der Waals surface area contributed by atoms with Crippen LogP contribution in [0, 0.1) is 5.92 Å². The van der Waals surface area contributed by atoms with E-state index >= 15 is 0 Å². The molecule has 0 amide bonds. The fraction of sp³-hybridized carbons (Fsp3) is 1.00. The number of halogens is 1. The van der Waals surface area contributed by atoms with Crippen LogP contribution in [0.3, 0.4) is 0 Å². The summed E-state index contributed by atoms with van der Waals surface area (Å²) in [6.07, 6.45) is 4.07. The van der Waals surface area contributed by atoms with Gasteiger partial charge in [-0.25, -0.2) is 4.39 Å². The first-order valence-corrected chi connectivity index (χ1v) is 5.71. The average Bonchev–Trinajstić information content (AvgIpc) is 2.72. The quantitative estimate of drug-likeness (QED) is 0.736. The van der Waals surface area contributed by atoms with Crippen molar-refractivity contribution in [2.75, 3.05) is 19.8 Å². The minimum atomic E-state index is -1.09. The number of ether oxygens (including phenoxy) is 1. The maximum absolute atomic E-state index is 14.5. The van der Waals surface area contributed by atoms with Gasteiger partial charge < -0.3 is 10.1 Å². The van der Waals surface area contributed by atoms with Gasteiger partial charge in [-0.1, -0.05) is 0 Å². The van der Waals surface area contributed by atoms with E-state index in [2.05, 4.69) is 5.32 Å². The average molecular weight is 201 g/mol. The lowest BCUT2D eigenvalue weighted by Gasteiger charge is -2.37. The van der Waals surface area contributed by atoms with Crippen molar-refractivity contribution >= 4 is 0 Å². The van der Waals surface area contributed by atoms with Crippen LogP contribution >= 0.6 is 0 Å². The molecule has 0 saturated carbocycles. The lowest BCUT2D eigenvalue weighted by Crippen LogP contribution is -2.49. The summed E-state index contributed by atoms with van der Waals surface area (Å²) in [6.45, 7) is 4.13. The van der Waals surface area contributed by atoms with Gasteiger partial charge in [-0.2, -0.15) is 0 Å². The fourth-order valence-corrected chi connectivity index (χ4v) is 2.64. The summed E-state index contributed by atoms with van der Waals surface area (Å²) < 4.78 is 19.9. The molecule has 0 aromatic heterocycles. The van der Waals surface area contributed by atoms with Crippen molar-refractivity contribution in [1.29, 1.82) is 0 Å². The molecular weight excluding hydrogens is 181 g/mol. The largest absolute Gasteiger partial charge is 0.381 e. The zero-order chi connectivity index (χ0) is 10.0. The van der Waals surface area contributed by atoms with E-state index in [1.165, 1.54) is 0 Å². The second kappa shape index (κ2) is 4.15. The van der Waals surface area contributed by atoms with Crippen LogP contribution in [0.1, 0.15) is 32.6 Å². The summed E-state index contributed by atoms with van der Waals surface area (Å²) >= 11 is 0. The molecule has 0 aromatic carbocycles. The van der Waals surface area contributed by atoms with Crippen LogP contribution in [0.25, 0.3) is 0 Å². The van der Waals surface area contributed by atoms with Crippen molar-refractivity contribution in [2.24, 2.45) is 5.92 Å². The van der Waals surface area contributed by atoms with Crippen molar-refractivity contribution in [3.63, 3.8) is 0 Å². The minimum absolute atomic E-state index is 0.0502. The predicted octanol–water partition coefficient (Wildman–Crippen LogP) is 1.89. The minimum Gasteiger partial charge on any atom is -0.381 e. The Hall–Kier alpha value is -0.150. The van der Waals surface area contributed by atoms with Gasteiger partial charge in [0.25, 0.3) is 0 Å². The number of rotatable bonds is 2. The third-order valence-electron chi connectivity index (χ3n) is 3.70. The van der Waals surface area contributed by atoms with Gasteiger partial charge in [-0.3, -0.25) is 0 Å². The van der Waals surface area contributed by atoms with E-state index < -0.39 is 5.67 Å². The van der Waals surface area contributed by atoms with Crippen LogP contribution in [0.4, 0.5) is 4.39 Å². The topological polar surface area (TPSA) is 21.3 Å². The highest BCUT2D eigenvalue weighted by molar-refractivity contribution is 4.97. The Morgan fingerprint density at radius 2 is 2.21 bits per heavy atom. The Labute approximate surface area is 85.2 Å². The third kappa shape index (κ3) is 1.94. The lowest BCUT2D eigenvalue weighted by molar-refractivity contribution is -0.0352. The molecule has 3 unspecified atom stereocenters. The molecule has 0 aromatic rings. The Kier molecular flexibility index (Phi) is 3.07. The molecule has 2 aliphatic heterocycles. The zero-order valence-corrected chi connectivity index (χ0v) is 8.89. The van der Waals surface area contributed by atoms with Crippen molar-refractivity contribution < 1.29 is 9.13 Å². The van der Waals surface area contributed by atoms with E-state index in [1.54, 1.807) is 6.92 Å². The van der Waals surface area contributed by atoms with Crippen molar-refractivity contribution in [1.82, 2.24) is 5.32 Å². The first-order valence-electron chi connectivity index (χ1n) is 5.71. The number of hydrogen-bond donors (Lipinski definition) is 1. The summed E-state index contributed by atoms with van der Waals surface area (Å²) in [5.74, 6) is 0.0897. The molecule has 2 fully saturated rings. The number of hydrogen-bond acceptors (Lipinski definition) is 2. The SMILES string of the molecule is CC(F)(C1CCCOC1)C1CCCN1. The first kappa shape index (κ1) is 10.4. The maximum atomic E-state index is 14.5. The van der Waals surface area contributed by atoms with Crippen molar-refractivity contribution in [3.8, 4) is 0 Å². The normalized spacial score (nSPS) is 38.1. The lowest BCUT2D eigenvalue weighted by atomic mass is 9.80. The summed E-state index contributed by atoms with van der Waals surface area (Å²) in [5, 5.41) is 3.26. The van der Waals surface area contributed by atoms with Crippen LogP contribution in [-0.4, -0.2) is 31.5 Å². The predicted molar refractivity (Wildman–Crippen MR) is 54.1 cm³/mol. The Morgan fingerprint density at radius 1 is 1.36 bits per heavy atom. The van der Waals surface area contributed by atoms with Crippen LogP contribution in [0.2, 0.25) is 0 Å². The molecule has 2 saturated heterocycles. The summed E-state index contributed by atoms with van der Waals surface area (Å²) in [5.41, 5.74) is -1.09. The molecule has 2 nitrogen and oxygen atoms in total. The molecule has 0 aliphatic carbocycles. The molecule has 82 valence electrons. The Balaban J connectivity index is 1.97. The molecule has 0 radical (unpaired) electrons. The van der Waals surface area contributed by atoms with Gasteiger partial charge in [0, 0.05) is 18.6 Å². The molecule has 2 rings (SSSR count). The molecule has 2 heterocycles. The maximum Gasteiger partial charge on any atom is 0.128 e. The summed E-state index contributed by atoms with van der Waals surface area (Å²) in [6, 6.07) is 0.0502. The highest BCUT2D eigenvalue weighted by Gasteiger charge is 2.43. The van der Waals surface area contributed by atoms with Crippen LogP contribution in [0.15, 0.2) is 0 Å². The second-order valence-corrected chi connectivity index (χ2v) is 4.71. The Bertz CT molecular complexity index is 184. The van der Waals surface area contributed by atoms with Crippen LogP contribution in [-0.2, 0) is 4.74 Å². The van der Waals surface area contributed by atoms with E-state index in [1.807, 2.05) is 0 Å². The van der Waals surface area contributed by atoms with Gasteiger partial charge in [-0.15, -0.1) is 0 Å². The molecule has 2 aliphatic rings.